The fraction of sp³-hybridized carbons (Fsp3) is 0.360. The monoisotopic (exact) mass is 388 g/mol. The Morgan fingerprint density at radius 2 is 1.62 bits per heavy atom. The van der Waals surface area contributed by atoms with Crippen molar-refractivity contribution in [2.45, 2.75) is 38.1 Å². The van der Waals surface area contributed by atoms with Crippen LogP contribution in [0.25, 0.3) is 6.08 Å². The summed E-state index contributed by atoms with van der Waals surface area (Å²) in [5, 5.41) is 2.98. The SMILES string of the molecule is O=C(NC1CC1)c1ccc(/C=C/C(=O)N2CCC(Cc3ccccc3)CC2)cc1. The maximum atomic E-state index is 12.5. The van der Waals surface area contributed by atoms with Gasteiger partial charge in [0.05, 0.1) is 0 Å². The average Bonchev–Trinajstić information content (AvgIpc) is 3.57. The number of nitrogens with one attached hydrogen (secondary N) is 1. The Hall–Kier alpha value is -2.88. The summed E-state index contributed by atoms with van der Waals surface area (Å²) >= 11 is 0. The maximum Gasteiger partial charge on any atom is 0.251 e. The molecule has 150 valence electrons. The van der Waals surface area contributed by atoms with E-state index in [0.717, 1.165) is 50.8 Å². The third kappa shape index (κ3) is 5.57. The molecule has 1 saturated carbocycles. The first-order valence-electron chi connectivity index (χ1n) is 10.6. The van der Waals surface area contributed by atoms with Crippen LogP contribution in [0.4, 0.5) is 0 Å². The summed E-state index contributed by atoms with van der Waals surface area (Å²) in [6.45, 7) is 1.64. The number of nitrogens with zero attached hydrogens (tertiary/aromatic N) is 1. The zero-order valence-corrected chi connectivity index (χ0v) is 16.7. The van der Waals surface area contributed by atoms with Crippen molar-refractivity contribution in [2.24, 2.45) is 5.92 Å². The number of carbonyl (C=O) groups is 2. The van der Waals surface area contributed by atoms with Gasteiger partial charge in [-0.3, -0.25) is 9.59 Å². The summed E-state index contributed by atoms with van der Waals surface area (Å²) in [4.78, 5) is 26.5. The summed E-state index contributed by atoms with van der Waals surface area (Å²) < 4.78 is 0. The predicted octanol–water partition coefficient (Wildman–Crippen LogP) is 4.07. The number of piperidine rings is 1. The van der Waals surface area contributed by atoms with Crippen molar-refractivity contribution in [3.05, 3.63) is 77.4 Å². The van der Waals surface area contributed by atoms with E-state index in [2.05, 4.69) is 29.6 Å². The Kier molecular flexibility index (Phi) is 6.09. The van der Waals surface area contributed by atoms with Gasteiger partial charge in [0.2, 0.25) is 5.91 Å². The number of likely N-dealkylation sites (tertiary alicyclic amines) is 1. The van der Waals surface area contributed by atoms with Gasteiger partial charge in [0.1, 0.15) is 0 Å². The Bertz CT molecular complexity index is 861. The molecule has 1 heterocycles. The molecule has 0 atom stereocenters. The van der Waals surface area contributed by atoms with Gasteiger partial charge in [-0.25, -0.2) is 0 Å². The molecule has 4 heteroatoms. The first-order chi connectivity index (χ1) is 14.2. The van der Waals surface area contributed by atoms with Crippen molar-refractivity contribution in [1.82, 2.24) is 10.2 Å². The van der Waals surface area contributed by atoms with Gasteiger partial charge in [-0.05, 0) is 67.4 Å². The number of rotatable bonds is 6. The lowest BCUT2D eigenvalue weighted by Crippen LogP contribution is -2.37. The van der Waals surface area contributed by atoms with Crippen LogP contribution in [0.1, 0.15) is 47.2 Å². The Balaban J connectivity index is 1.25. The number of hydrogen-bond acceptors (Lipinski definition) is 2. The summed E-state index contributed by atoms with van der Waals surface area (Å²) in [6.07, 6.45) is 8.85. The molecular weight excluding hydrogens is 360 g/mol. The van der Waals surface area contributed by atoms with E-state index in [1.165, 1.54) is 5.56 Å². The summed E-state index contributed by atoms with van der Waals surface area (Å²) in [7, 11) is 0. The van der Waals surface area contributed by atoms with E-state index in [9.17, 15) is 9.59 Å². The molecule has 0 unspecified atom stereocenters. The molecule has 0 radical (unpaired) electrons. The lowest BCUT2D eigenvalue weighted by atomic mass is 9.90. The fourth-order valence-electron chi connectivity index (χ4n) is 3.82. The number of amides is 2. The minimum absolute atomic E-state index is 0.0162. The molecule has 4 nitrogen and oxygen atoms in total. The highest BCUT2D eigenvalue weighted by atomic mass is 16.2. The molecule has 1 saturated heterocycles. The molecule has 1 N–H and O–H groups in total. The quantitative estimate of drug-likeness (QED) is 0.759. The Morgan fingerprint density at radius 3 is 2.28 bits per heavy atom. The van der Waals surface area contributed by atoms with Gasteiger partial charge in [-0.1, -0.05) is 42.5 Å². The van der Waals surface area contributed by atoms with Gasteiger partial charge in [-0.2, -0.15) is 0 Å². The van der Waals surface area contributed by atoms with Crippen LogP contribution in [0.3, 0.4) is 0 Å². The van der Waals surface area contributed by atoms with E-state index in [4.69, 9.17) is 0 Å². The predicted molar refractivity (Wildman–Crippen MR) is 115 cm³/mol. The van der Waals surface area contributed by atoms with Crippen molar-refractivity contribution in [3.63, 3.8) is 0 Å². The van der Waals surface area contributed by atoms with Crippen LogP contribution < -0.4 is 5.32 Å². The molecule has 0 aromatic heterocycles. The molecule has 4 rings (SSSR count). The number of carbonyl (C=O) groups excluding carboxylic acids is 2. The van der Waals surface area contributed by atoms with Crippen molar-refractivity contribution in [2.75, 3.05) is 13.1 Å². The van der Waals surface area contributed by atoms with Crippen LogP contribution in [0, 0.1) is 5.92 Å². The Labute approximate surface area is 172 Å². The third-order valence-electron chi connectivity index (χ3n) is 5.80. The highest BCUT2D eigenvalue weighted by molar-refractivity contribution is 5.95. The third-order valence-corrected chi connectivity index (χ3v) is 5.80. The van der Waals surface area contributed by atoms with Gasteiger partial charge < -0.3 is 10.2 Å². The van der Waals surface area contributed by atoms with Crippen molar-refractivity contribution >= 4 is 17.9 Å². The average molecular weight is 389 g/mol. The minimum atomic E-state index is -0.0162. The molecule has 1 aliphatic heterocycles. The van der Waals surface area contributed by atoms with Crippen LogP contribution in [0.15, 0.2) is 60.7 Å². The molecule has 2 aliphatic rings. The van der Waals surface area contributed by atoms with Crippen molar-refractivity contribution in [3.8, 4) is 0 Å². The minimum Gasteiger partial charge on any atom is -0.349 e. The fourth-order valence-corrected chi connectivity index (χ4v) is 3.82. The highest BCUT2D eigenvalue weighted by Gasteiger charge is 2.24. The normalized spacial score (nSPS) is 17.4. The van der Waals surface area contributed by atoms with Crippen LogP contribution in [0.2, 0.25) is 0 Å². The standard InChI is InChI=1S/C25H28N2O2/c28-24(27-16-14-21(15-17-27)18-20-4-2-1-3-5-20)13-8-19-6-9-22(10-7-19)25(29)26-23-11-12-23/h1-10,13,21,23H,11-12,14-18H2,(H,26,29)/b13-8+. The van der Waals surface area contributed by atoms with E-state index in [1.54, 1.807) is 6.08 Å². The van der Waals surface area contributed by atoms with Gasteiger partial charge in [-0.15, -0.1) is 0 Å². The number of benzene rings is 2. The maximum absolute atomic E-state index is 12.5. The molecular formula is C25H28N2O2. The van der Waals surface area contributed by atoms with E-state index >= 15 is 0 Å². The molecule has 2 amide bonds. The van der Waals surface area contributed by atoms with Gasteiger partial charge >= 0.3 is 0 Å². The first-order valence-corrected chi connectivity index (χ1v) is 10.6. The summed E-state index contributed by atoms with van der Waals surface area (Å²) in [5.41, 5.74) is 2.98. The summed E-state index contributed by atoms with van der Waals surface area (Å²) in [5.74, 6) is 0.705. The lowest BCUT2D eigenvalue weighted by Gasteiger charge is -2.31. The van der Waals surface area contributed by atoms with Crippen LogP contribution in [-0.4, -0.2) is 35.8 Å². The number of hydrogen-bond donors (Lipinski definition) is 1. The zero-order chi connectivity index (χ0) is 20.1. The van der Waals surface area contributed by atoms with E-state index in [1.807, 2.05) is 41.3 Å². The molecule has 1 aliphatic carbocycles. The topological polar surface area (TPSA) is 49.4 Å². The van der Waals surface area contributed by atoms with E-state index < -0.39 is 0 Å². The van der Waals surface area contributed by atoms with Crippen molar-refractivity contribution < 1.29 is 9.59 Å². The second-order valence-electron chi connectivity index (χ2n) is 8.16. The van der Waals surface area contributed by atoms with E-state index in [-0.39, 0.29) is 11.8 Å². The van der Waals surface area contributed by atoms with Crippen LogP contribution in [-0.2, 0) is 11.2 Å². The lowest BCUT2D eigenvalue weighted by molar-refractivity contribution is -0.127. The smallest absolute Gasteiger partial charge is 0.251 e. The second-order valence-corrected chi connectivity index (χ2v) is 8.16. The zero-order valence-electron chi connectivity index (χ0n) is 16.7. The van der Waals surface area contributed by atoms with Crippen molar-refractivity contribution in [1.29, 1.82) is 0 Å². The van der Waals surface area contributed by atoms with E-state index in [0.29, 0.717) is 17.5 Å². The molecule has 2 fully saturated rings. The first kappa shape index (κ1) is 19.4. The Morgan fingerprint density at radius 1 is 0.931 bits per heavy atom. The van der Waals surface area contributed by atoms with Crippen LogP contribution in [0.5, 0.6) is 0 Å². The van der Waals surface area contributed by atoms with Gasteiger partial charge in [0.15, 0.2) is 0 Å². The van der Waals surface area contributed by atoms with Gasteiger partial charge in [0, 0.05) is 30.8 Å². The molecule has 0 spiro atoms. The molecule has 0 bridgehead atoms. The van der Waals surface area contributed by atoms with Gasteiger partial charge in [0.25, 0.3) is 5.91 Å². The largest absolute Gasteiger partial charge is 0.349 e. The molecule has 2 aromatic rings. The highest BCUT2D eigenvalue weighted by Crippen LogP contribution is 2.22. The summed E-state index contributed by atoms with van der Waals surface area (Å²) in [6, 6.07) is 18.4. The molecule has 29 heavy (non-hydrogen) atoms. The van der Waals surface area contributed by atoms with Crippen LogP contribution >= 0.6 is 0 Å². The second kappa shape index (κ2) is 9.08. The molecule has 2 aromatic carbocycles.